The Kier molecular flexibility index (Phi) is 3.20. The molecule has 0 radical (unpaired) electrons. The fourth-order valence-corrected chi connectivity index (χ4v) is 1.33. The molecule has 70 valence electrons. The van der Waals surface area contributed by atoms with Crippen molar-refractivity contribution in [2.24, 2.45) is 0 Å². The third-order valence-corrected chi connectivity index (χ3v) is 2.48. The molecule has 1 rings (SSSR count). The summed E-state index contributed by atoms with van der Waals surface area (Å²) in [7, 11) is 0. The Hall–Kier alpha value is -0.700. The zero-order chi connectivity index (χ0) is 10.0. The molecule has 1 aromatic rings. The number of halogens is 3. The van der Waals surface area contributed by atoms with Crippen LogP contribution in [0.15, 0.2) is 18.7 Å². The van der Waals surface area contributed by atoms with E-state index in [4.69, 9.17) is 0 Å². The molecule has 0 saturated heterocycles. The van der Waals surface area contributed by atoms with Gasteiger partial charge in [0, 0.05) is 10.9 Å². The van der Waals surface area contributed by atoms with Crippen LogP contribution in [0.4, 0.5) is 8.78 Å². The van der Waals surface area contributed by atoms with Crippen molar-refractivity contribution in [3.63, 3.8) is 0 Å². The molecule has 0 aliphatic rings. The number of benzene rings is 1. The smallest absolute Gasteiger partial charge is 0.136 e. The highest BCUT2D eigenvalue weighted by molar-refractivity contribution is 9.09. The summed E-state index contributed by atoms with van der Waals surface area (Å²) < 4.78 is 26.5. The SMILES string of the molecule is C=C(CBr)c1c(F)ccc(C)c1F. The lowest BCUT2D eigenvalue weighted by Gasteiger charge is -2.07. The molecule has 3 heteroatoms. The highest BCUT2D eigenvalue weighted by Crippen LogP contribution is 2.23. The highest BCUT2D eigenvalue weighted by Gasteiger charge is 2.13. The van der Waals surface area contributed by atoms with Gasteiger partial charge in [-0.25, -0.2) is 8.78 Å². The summed E-state index contributed by atoms with van der Waals surface area (Å²) in [4.78, 5) is 0. The Morgan fingerprint density at radius 3 is 2.62 bits per heavy atom. The van der Waals surface area contributed by atoms with E-state index < -0.39 is 11.6 Å². The van der Waals surface area contributed by atoms with E-state index in [1.54, 1.807) is 6.92 Å². The highest BCUT2D eigenvalue weighted by atomic mass is 79.9. The summed E-state index contributed by atoms with van der Waals surface area (Å²) in [6, 6.07) is 2.66. The minimum Gasteiger partial charge on any atom is -0.206 e. The van der Waals surface area contributed by atoms with Crippen LogP contribution >= 0.6 is 15.9 Å². The van der Waals surface area contributed by atoms with Crippen molar-refractivity contribution >= 4 is 21.5 Å². The second-order valence-corrected chi connectivity index (χ2v) is 3.35. The number of allylic oxidation sites excluding steroid dienone is 1. The predicted molar refractivity (Wildman–Crippen MR) is 53.9 cm³/mol. The second kappa shape index (κ2) is 4.01. The summed E-state index contributed by atoms with van der Waals surface area (Å²) in [5.74, 6) is -1.09. The molecule has 0 spiro atoms. The van der Waals surface area contributed by atoms with Crippen molar-refractivity contribution in [3.8, 4) is 0 Å². The number of hydrogen-bond acceptors (Lipinski definition) is 0. The van der Waals surface area contributed by atoms with E-state index in [2.05, 4.69) is 22.5 Å². The van der Waals surface area contributed by atoms with E-state index in [-0.39, 0.29) is 5.56 Å². The standard InChI is InChI=1S/C10H9BrF2/c1-6-3-4-8(12)9(10(6)13)7(2)5-11/h3-4H,2,5H2,1H3. The Morgan fingerprint density at radius 1 is 1.46 bits per heavy atom. The molecule has 1 aromatic carbocycles. The Morgan fingerprint density at radius 2 is 2.08 bits per heavy atom. The average Bonchev–Trinajstić information content (AvgIpc) is 2.12. The third-order valence-electron chi connectivity index (χ3n) is 1.80. The van der Waals surface area contributed by atoms with Crippen molar-refractivity contribution in [1.82, 2.24) is 0 Å². The Labute approximate surface area is 84.4 Å². The molecule has 0 N–H and O–H groups in total. The van der Waals surface area contributed by atoms with Crippen LogP contribution < -0.4 is 0 Å². The van der Waals surface area contributed by atoms with Gasteiger partial charge < -0.3 is 0 Å². The minimum absolute atomic E-state index is 0.0168. The van der Waals surface area contributed by atoms with E-state index in [1.807, 2.05) is 0 Å². The zero-order valence-electron chi connectivity index (χ0n) is 7.20. The van der Waals surface area contributed by atoms with Crippen LogP contribution in [-0.2, 0) is 0 Å². The van der Waals surface area contributed by atoms with Crippen LogP contribution in [0.3, 0.4) is 0 Å². The van der Waals surface area contributed by atoms with Crippen LogP contribution in [-0.4, -0.2) is 5.33 Å². The number of rotatable bonds is 2. The lowest BCUT2D eigenvalue weighted by Crippen LogP contribution is -1.97. The van der Waals surface area contributed by atoms with Gasteiger partial charge in [0.15, 0.2) is 0 Å². The van der Waals surface area contributed by atoms with Gasteiger partial charge in [-0.3, -0.25) is 0 Å². The number of aryl methyl sites for hydroxylation is 1. The van der Waals surface area contributed by atoms with Crippen LogP contribution in [0.2, 0.25) is 0 Å². The Balaban J connectivity index is 3.33. The molecule has 0 amide bonds. The van der Waals surface area contributed by atoms with Gasteiger partial charge in [-0.05, 0) is 24.1 Å². The molecular weight excluding hydrogens is 238 g/mol. The molecule has 0 aromatic heterocycles. The first kappa shape index (κ1) is 10.4. The molecule has 0 aliphatic carbocycles. The van der Waals surface area contributed by atoms with Gasteiger partial charge in [-0.2, -0.15) is 0 Å². The van der Waals surface area contributed by atoms with Gasteiger partial charge in [-0.1, -0.05) is 28.6 Å². The van der Waals surface area contributed by atoms with Crippen molar-refractivity contribution < 1.29 is 8.78 Å². The van der Waals surface area contributed by atoms with Crippen LogP contribution in [0, 0.1) is 18.6 Å². The molecule has 0 unspecified atom stereocenters. The monoisotopic (exact) mass is 246 g/mol. The lowest BCUT2D eigenvalue weighted by molar-refractivity contribution is 0.571. The molecule has 0 nitrogen and oxygen atoms in total. The number of alkyl halides is 1. The van der Waals surface area contributed by atoms with Crippen molar-refractivity contribution in [2.45, 2.75) is 6.92 Å². The summed E-state index contributed by atoms with van der Waals surface area (Å²) in [5, 5.41) is 0.365. The maximum Gasteiger partial charge on any atom is 0.136 e. The van der Waals surface area contributed by atoms with Crippen LogP contribution in [0.1, 0.15) is 11.1 Å². The molecule has 13 heavy (non-hydrogen) atoms. The van der Waals surface area contributed by atoms with E-state index >= 15 is 0 Å². The van der Waals surface area contributed by atoms with E-state index in [0.717, 1.165) is 0 Å². The second-order valence-electron chi connectivity index (χ2n) is 2.79. The molecule has 0 saturated carbocycles. The topological polar surface area (TPSA) is 0 Å². The van der Waals surface area contributed by atoms with E-state index in [9.17, 15) is 8.78 Å². The van der Waals surface area contributed by atoms with Gasteiger partial charge in [-0.15, -0.1) is 0 Å². The van der Waals surface area contributed by atoms with E-state index in [0.29, 0.717) is 16.5 Å². The fourth-order valence-electron chi connectivity index (χ4n) is 1.05. The summed E-state index contributed by atoms with van der Waals surface area (Å²) >= 11 is 3.11. The van der Waals surface area contributed by atoms with Gasteiger partial charge in [0.05, 0.1) is 0 Å². The first-order chi connectivity index (χ1) is 6.07. The maximum absolute atomic E-state index is 13.4. The quantitative estimate of drug-likeness (QED) is 0.699. The molecule has 0 bridgehead atoms. The third kappa shape index (κ3) is 1.97. The number of hydrogen-bond donors (Lipinski definition) is 0. The normalized spacial score (nSPS) is 10.2. The molecule has 0 atom stereocenters. The summed E-state index contributed by atoms with van der Waals surface area (Å²) in [6.45, 7) is 5.18. The summed E-state index contributed by atoms with van der Waals surface area (Å²) in [5.41, 5.74) is 0.828. The van der Waals surface area contributed by atoms with Gasteiger partial charge in [0.1, 0.15) is 11.6 Å². The average molecular weight is 247 g/mol. The van der Waals surface area contributed by atoms with Gasteiger partial charge in [0.25, 0.3) is 0 Å². The molecule has 0 fully saturated rings. The Bertz CT molecular complexity index is 345. The minimum atomic E-state index is -0.562. The lowest BCUT2D eigenvalue weighted by atomic mass is 10.0. The first-order valence-corrected chi connectivity index (χ1v) is 4.88. The van der Waals surface area contributed by atoms with Crippen molar-refractivity contribution in [3.05, 3.63) is 41.5 Å². The molecule has 0 aliphatic heterocycles. The van der Waals surface area contributed by atoms with Crippen molar-refractivity contribution in [1.29, 1.82) is 0 Å². The predicted octanol–water partition coefficient (Wildman–Crippen LogP) is 3.68. The van der Waals surface area contributed by atoms with Crippen LogP contribution in [0.5, 0.6) is 0 Å². The maximum atomic E-state index is 13.4. The van der Waals surface area contributed by atoms with Crippen LogP contribution in [0.25, 0.3) is 5.57 Å². The largest absolute Gasteiger partial charge is 0.206 e. The fraction of sp³-hybridized carbons (Fsp3) is 0.200. The van der Waals surface area contributed by atoms with E-state index in [1.165, 1.54) is 12.1 Å². The molecular formula is C10H9BrF2. The van der Waals surface area contributed by atoms with Crippen molar-refractivity contribution in [2.75, 3.05) is 5.33 Å². The van der Waals surface area contributed by atoms with Gasteiger partial charge >= 0.3 is 0 Å². The summed E-state index contributed by atoms with van der Waals surface area (Å²) in [6.07, 6.45) is 0. The first-order valence-electron chi connectivity index (χ1n) is 3.76. The molecule has 0 heterocycles. The van der Waals surface area contributed by atoms with Gasteiger partial charge in [0.2, 0.25) is 0 Å². The zero-order valence-corrected chi connectivity index (χ0v) is 8.79.